The summed E-state index contributed by atoms with van der Waals surface area (Å²) in [5.41, 5.74) is 0.303. The van der Waals surface area contributed by atoms with Gasteiger partial charge in [-0.2, -0.15) is 18.3 Å². The Labute approximate surface area is 225 Å². The molecule has 9 nitrogen and oxygen atoms in total. The molecular weight excluding hydrogens is 534 g/mol. The van der Waals surface area contributed by atoms with Crippen LogP contribution in [0.4, 0.5) is 22.4 Å². The second-order valence-electron chi connectivity index (χ2n) is 9.86. The number of nitrogens with zero attached hydrogens (tertiary/aromatic N) is 4. The predicted molar refractivity (Wildman–Crippen MR) is 132 cm³/mol. The lowest BCUT2D eigenvalue weighted by molar-refractivity contribution is -0.187. The van der Waals surface area contributed by atoms with Crippen molar-refractivity contribution < 1.29 is 36.7 Å². The summed E-state index contributed by atoms with van der Waals surface area (Å²) < 4.78 is 55.8. The van der Waals surface area contributed by atoms with Crippen molar-refractivity contribution in [1.82, 2.24) is 24.9 Å². The number of carbonyl (C=O) groups is 4. The zero-order valence-corrected chi connectivity index (χ0v) is 21.3. The van der Waals surface area contributed by atoms with Crippen molar-refractivity contribution >= 4 is 23.6 Å². The zero-order chi connectivity index (χ0) is 29.0. The smallest absolute Gasteiger partial charge is 0.325 e. The van der Waals surface area contributed by atoms with Gasteiger partial charge in [0.2, 0.25) is 5.91 Å². The number of amides is 4. The molecule has 3 aromatic rings. The highest BCUT2D eigenvalue weighted by Crippen LogP contribution is 2.42. The highest BCUT2D eigenvalue weighted by molar-refractivity contribution is 6.17. The molecule has 1 N–H and O–H groups in total. The van der Waals surface area contributed by atoms with E-state index in [9.17, 15) is 36.7 Å². The van der Waals surface area contributed by atoms with Crippen LogP contribution < -0.4 is 5.32 Å². The van der Waals surface area contributed by atoms with Gasteiger partial charge in [-0.1, -0.05) is 24.3 Å². The number of nitrogens with one attached hydrogen (secondary N) is 1. The minimum Gasteiger partial charge on any atom is -0.325 e. The Hall–Kier alpha value is -4.55. The molecule has 0 radical (unpaired) electrons. The first-order valence-electron chi connectivity index (χ1n) is 12.2. The lowest BCUT2D eigenvalue weighted by Crippen LogP contribution is -2.51. The second kappa shape index (κ2) is 9.57. The molecular formula is C27H23F4N5O4. The van der Waals surface area contributed by atoms with Gasteiger partial charge in [-0.05, 0) is 41.8 Å². The van der Waals surface area contributed by atoms with Gasteiger partial charge in [-0.25, -0.2) is 9.18 Å². The lowest BCUT2D eigenvalue weighted by Gasteiger charge is -2.32. The predicted octanol–water partition coefficient (Wildman–Crippen LogP) is 3.54. The van der Waals surface area contributed by atoms with E-state index in [0.717, 1.165) is 24.6 Å². The van der Waals surface area contributed by atoms with Gasteiger partial charge in [0.1, 0.15) is 18.4 Å². The van der Waals surface area contributed by atoms with Crippen LogP contribution in [0.2, 0.25) is 0 Å². The summed E-state index contributed by atoms with van der Waals surface area (Å²) in [6, 6.07) is 6.10. The van der Waals surface area contributed by atoms with Crippen LogP contribution in [0.1, 0.15) is 34.8 Å². The Bertz CT molecular complexity index is 1530. The van der Waals surface area contributed by atoms with E-state index in [-0.39, 0.29) is 16.7 Å². The summed E-state index contributed by atoms with van der Waals surface area (Å²) in [5.74, 6) is -3.07. The van der Waals surface area contributed by atoms with Crippen LogP contribution >= 0.6 is 0 Å². The molecule has 1 aliphatic heterocycles. The molecule has 2 heterocycles. The van der Waals surface area contributed by atoms with Crippen LogP contribution in [0.3, 0.4) is 0 Å². The van der Waals surface area contributed by atoms with Gasteiger partial charge < -0.3 is 10.2 Å². The Morgan fingerprint density at radius 3 is 2.45 bits per heavy atom. The summed E-state index contributed by atoms with van der Waals surface area (Å²) in [7, 11) is 1.73. The van der Waals surface area contributed by atoms with Crippen LogP contribution in [-0.4, -0.2) is 62.0 Å². The van der Waals surface area contributed by atoms with Crippen LogP contribution in [0, 0.1) is 5.82 Å². The first kappa shape index (κ1) is 27.0. The lowest BCUT2D eigenvalue weighted by atomic mass is 9.90. The first-order chi connectivity index (χ1) is 18.8. The molecule has 0 bridgehead atoms. The van der Waals surface area contributed by atoms with Crippen molar-refractivity contribution in [2.24, 2.45) is 7.05 Å². The maximum absolute atomic E-state index is 13.6. The number of imide groups is 1. The minimum atomic E-state index is -4.81. The summed E-state index contributed by atoms with van der Waals surface area (Å²) in [6.45, 7) is -0.737. The maximum atomic E-state index is 13.6. The number of alkyl halides is 3. The Balaban J connectivity index is 1.41. The van der Waals surface area contributed by atoms with Gasteiger partial charge in [0.25, 0.3) is 5.91 Å². The molecule has 0 saturated carbocycles. The van der Waals surface area contributed by atoms with Gasteiger partial charge in [-0.15, -0.1) is 0 Å². The van der Waals surface area contributed by atoms with Crippen molar-refractivity contribution in [2.45, 2.75) is 37.6 Å². The van der Waals surface area contributed by atoms with E-state index >= 15 is 0 Å². The highest BCUT2D eigenvalue weighted by Gasteiger charge is 2.58. The van der Waals surface area contributed by atoms with Crippen LogP contribution in [0.15, 0.2) is 54.9 Å². The molecule has 40 heavy (non-hydrogen) atoms. The number of carbonyl (C=O) groups excluding carboxylic acids is 4. The normalized spacial score (nSPS) is 19.2. The van der Waals surface area contributed by atoms with Crippen LogP contribution in [0.5, 0.6) is 0 Å². The molecule has 1 aromatic heterocycles. The zero-order valence-electron chi connectivity index (χ0n) is 21.3. The number of ketones is 1. The molecule has 2 atom stereocenters. The highest BCUT2D eigenvalue weighted by atomic mass is 19.4. The molecule has 2 aromatic carbocycles. The van der Waals surface area contributed by atoms with E-state index in [1.807, 2.05) is 0 Å². The SMILES string of the molecule is C[C@H](N(Cc1ccc(F)cc1)C(=O)CN1C(=O)NC2(CC(=O)c3cc(-c4cnn(C)c4)ccc32)C1=O)C(F)(F)F. The third-order valence-electron chi connectivity index (χ3n) is 7.24. The van der Waals surface area contributed by atoms with E-state index in [1.165, 1.54) is 12.1 Å². The largest absolute Gasteiger partial charge is 0.408 e. The van der Waals surface area contributed by atoms with Gasteiger partial charge in [0.15, 0.2) is 11.3 Å². The quantitative estimate of drug-likeness (QED) is 0.369. The maximum Gasteiger partial charge on any atom is 0.408 e. The Morgan fingerprint density at radius 2 is 1.82 bits per heavy atom. The number of aryl methyl sites for hydroxylation is 1. The van der Waals surface area contributed by atoms with Crippen LogP contribution in [-0.2, 0) is 28.7 Å². The molecule has 1 saturated heterocycles. The van der Waals surface area contributed by atoms with Crippen molar-refractivity contribution in [3.05, 3.63) is 77.4 Å². The van der Waals surface area contributed by atoms with Gasteiger partial charge >= 0.3 is 12.2 Å². The molecule has 1 fully saturated rings. The van der Waals surface area contributed by atoms with E-state index < -0.39 is 66.7 Å². The average Bonchev–Trinajstić information content (AvgIpc) is 3.52. The molecule has 1 unspecified atom stereocenters. The standard InChI is InChI=1S/C27H23F4N5O4/c1-15(27(29,30)31)35(12-16-3-6-19(28)7-4-16)23(38)14-36-24(39)26(33-25(36)40)10-22(37)20-9-17(5-8-21(20)26)18-11-32-34(2)13-18/h3-9,11,13,15H,10,12,14H2,1-2H3,(H,33,40)/t15-,26?/m0/s1. The topological polar surface area (TPSA) is 105 Å². The monoisotopic (exact) mass is 557 g/mol. The Kier molecular flexibility index (Phi) is 6.47. The molecule has 2 aliphatic rings. The number of fused-ring (bicyclic) bond motifs is 2. The number of rotatable bonds is 6. The van der Waals surface area contributed by atoms with E-state index in [0.29, 0.717) is 15.4 Å². The summed E-state index contributed by atoms with van der Waals surface area (Å²) >= 11 is 0. The molecule has 1 aliphatic carbocycles. The third kappa shape index (κ3) is 4.61. The molecule has 5 rings (SSSR count). The summed E-state index contributed by atoms with van der Waals surface area (Å²) in [6.07, 6.45) is -1.86. The second-order valence-corrected chi connectivity index (χ2v) is 9.86. The molecule has 4 amide bonds. The van der Waals surface area contributed by atoms with Crippen molar-refractivity contribution in [1.29, 1.82) is 0 Å². The number of urea groups is 1. The Morgan fingerprint density at radius 1 is 1.12 bits per heavy atom. The van der Waals surface area contributed by atoms with E-state index in [4.69, 9.17) is 0 Å². The number of hydrogen-bond acceptors (Lipinski definition) is 5. The van der Waals surface area contributed by atoms with Crippen molar-refractivity contribution in [3.63, 3.8) is 0 Å². The number of Topliss-reactive ketones (excluding diaryl/α,β-unsaturated/α-hetero) is 1. The number of hydrogen-bond donors (Lipinski definition) is 1. The van der Waals surface area contributed by atoms with E-state index in [1.54, 1.807) is 42.3 Å². The van der Waals surface area contributed by atoms with Gasteiger partial charge in [0.05, 0.1) is 6.20 Å². The average molecular weight is 558 g/mol. The van der Waals surface area contributed by atoms with Crippen LogP contribution in [0.25, 0.3) is 11.1 Å². The van der Waals surface area contributed by atoms with Crippen molar-refractivity contribution in [3.8, 4) is 11.1 Å². The van der Waals surface area contributed by atoms with Gasteiger partial charge in [0, 0.05) is 37.3 Å². The van der Waals surface area contributed by atoms with E-state index in [2.05, 4.69) is 10.4 Å². The van der Waals surface area contributed by atoms with Crippen molar-refractivity contribution in [2.75, 3.05) is 6.54 Å². The molecule has 13 heteroatoms. The fourth-order valence-corrected chi connectivity index (χ4v) is 5.03. The molecule has 1 spiro atoms. The summed E-state index contributed by atoms with van der Waals surface area (Å²) in [5, 5.41) is 6.60. The third-order valence-corrected chi connectivity index (χ3v) is 7.24. The fourth-order valence-electron chi connectivity index (χ4n) is 5.03. The number of halogens is 4. The number of benzene rings is 2. The fraction of sp³-hybridized carbons (Fsp3) is 0.296. The minimum absolute atomic E-state index is 0.215. The molecule has 208 valence electrons. The number of aromatic nitrogens is 2. The van der Waals surface area contributed by atoms with Gasteiger partial charge in [-0.3, -0.25) is 24.0 Å². The summed E-state index contributed by atoms with van der Waals surface area (Å²) in [4.78, 5) is 53.6. The first-order valence-corrected chi connectivity index (χ1v) is 12.2.